The molecule has 176 valence electrons. The number of carbonyl (C=O) groups is 2. The summed E-state index contributed by atoms with van der Waals surface area (Å²) in [5.74, 6) is 1.96. The molecular weight excluding hydrogens is 480 g/mol. The summed E-state index contributed by atoms with van der Waals surface area (Å²) in [7, 11) is 3.07. The van der Waals surface area contributed by atoms with Crippen molar-refractivity contribution in [2.75, 3.05) is 37.4 Å². The summed E-state index contributed by atoms with van der Waals surface area (Å²) in [4.78, 5) is 24.5. The van der Waals surface area contributed by atoms with Crippen LogP contribution in [-0.4, -0.2) is 48.8 Å². The van der Waals surface area contributed by atoms with Gasteiger partial charge in [-0.1, -0.05) is 29.2 Å². The number of nitrogens with one attached hydrogen (secondary N) is 2. The SMILES string of the molecule is COc1ccc(NC(=O)CSc2nnc(NC(=O)/C=C\c3ccc4c(c3)OCO4)s2)c(OC)c1. The lowest BCUT2D eigenvalue weighted by Gasteiger charge is -2.11. The number of fused-ring (bicyclic) bond motifs is 1. The van der Waals surface area contributed by atoms with Gasteiger partial charge in [0.1, 0.15) is 11.5 Å². The van der Waals surface area contributed by atoms with Crippen LogP contribution in [-0.2, 0) is 9.59 Å². The molecule has 1 aliphatic heterocycles. The number of hydrogen-bond donors (Lipinski definition) is 2. The van der Waals surface area contributed by atoms with E-state index >= 15 is 0 Å². The van der Waals surface area contributed by atoms with Crippen molar-refractivity contribution in [3.8, 4) is 23.0 Å². The van der Waals surface area contributed by atoms with Gasteiger partial charge in [-0.05, 0) is 35.9 Å². The number of amides is 2. The lowest BCUT2D eigenvalue weighted by atomic mass is 10.2. The molecule has 4 rings (SSSR count). The molecule has 12 heteroatoms. The lowest BCUT2D eigenvalue weighted by molar-refractivity contribution is -0.114. The minimum atomic E-state index is -0.352. The number of nitrogens with zero attached hydrogens (tertiary/aromatic N) is 2. The molecule has 2 N–H and O–H groups in total. The van der Waals surface area contributed by atoms with Crippen molar-refractivity contribution in [3.63, 3.8) is 0 Å². The summed E-state index contributed by atoms with van der Waals surface area (Å²) in [6, 6.07) is 10.5. The van der Waals surface area contributed by atoms with Gasteiger partial charge in [-0.15, -0.1) is 10.2 Å². The average molecular weight is 501 g/mol. The maximum atomic E-state index is 12.3. The number of methoxy groups -OCH3 is 2. The van der Waals surface area contributed by atoms with Gasteiger partial charge >= 0.3 is 0 Å². The Morgan fingerprint density at radius 3 is 2.76 bits per heavy atom. The fourth-order valence-electron chi connectivity index (χ4n) is 2.87. The fraction of sp³-hybridized carbons (Fsp3) is 0.182. The van der Waals surface area contributed by atoms with Gasteiger partial charge < -0.3 is 24.3 Å². The van der Waals surface area contributed by atoms with E-state index in [1.54, 1.807) is 43.5 Å². The second kappa shape index (κ2) is 10.9. The first-order valence-electron chi connectivity index (χ1n) is 9.91. The largest absolute Gasteiger partial charge is 0.497 e. The van der Waals surface area contributed by atoms with E-state index in [2.05, 4.69) is 20.8 Å². The molecule has 1 aliphatic rings. The third-order valence-electron chi connectivity index (χ3n) is 4.47. The maximum absolute atomic E-state index is 12.3. The van der Waals surface area contributed by atoms with Gasteiger partial charge in [-0.3, -0.25) is 14.9 Å². The highest BCUT2D eigenvalue weighted by atomic mass is 32.2. The first-order chi connectivity index (χ1) is 16.5. The van der Waals surface area contributed by atoms with Gasteiger partial charge in [0.2, 0.25) is 23.7 Å². The molecule has 0 saturated carbocycles. The summed E-state index contributed by atoms with van der Waals surface area (Å²) in [5.41, 5.74) is 1.33. The summed E-state index contributed by atoms with van der Waals surface area (Å²) in [5, 5.41) is 13.7. The minimum Gasteiger partial charge on any atom is -0.497 e. The molecule has 0 bridgehead atoms. The number of anilines is 2. The van der Waals surface area contributed by atoms with Crippen LogP contribution in [0.15, 0.2) is 46.8 Å². The second-order valence-electron chi connectivity index (χ2n) is 6.71. The Bertz CT molecular complexity index is 1230. The van der Waals surface area contributed by atoms with Crippen molar-refractivity contribution >= 4 is 51.8 Å². The average Bonchev–Trinajstić information content (AvgIpc) is 3.50. The topological polar surface area (TPSA) is 121 Å². The Hall–Kier alpha value is -3.77. The highest BCUT2D eigenvalue weighted by Gasteiger charge is 2.14. The highest BCUT2D eigenvalue weighted by molar-refractivity contribution is 8.01. The molecule has 1 aromatic heterocycles. The fourth-order valence-corrected chi connectivity index (χ4v) is 4.42. The van der Waals surface area contributed by atoms with Crippen LogP contribution in [0.5, 0.6) is 23.0 Å². The Morgan fingerprint density at radius 2 is 1.94 bits per heavy atom. The van der Waals surface area contributed by atoms with E-state index in [9.17, 15) is 9.59 Å². The van der Waals surface area contributed by atoms with Crippen molar-refractivity contribution < 1.29 is 28.5 Å². The number of benzene rings is 2. The molecule has 2 heterocycles. The van der Waals surface area contributed by atoms with E-state index in [0.29, 0.717) is 38.2 Å². The Balaban J connectivity index is 1.26. The van der Waals surface area contributed by atoms with E-state index in [0.717, 1.165) is 5.56 Å². The summed E-state index contributed by atoms with van der Waals surface area (Å²) >= 11 is 2.39. The highest BCUT2D eigenvalue weighted by Crippen LogP contribution is 2.33. The normalized spacial score (nSPS) is 11.9. The van der Waals surface area contributed by atoms with Gasteiger partial charge in [0.05, 0.1) is 25.7 Å². The predicted molar refractivity (Wildman–Crippen MR) is 129 cm³/mol. The summed E-state index contributed by atoms with van der Waals surface area (Å²) in [6.45, 7) is 0.192. The van der Waals surface area contributed by atoms with Crippen molar-refractivity contribution in [1.29, 1.82) is 0 Å². The van der Waals surface area contributed by atoms with Gasteiger partial charge in [-0.25, -0.2) is 0 Å². The quantitative estimate of drug-likeness (QED) is 0.257. The van der Waals surface area contributed by atoms with Crippen LogP contribution in [0.2, 0.25) is 0 Å². The van der Waals surface area contributed by atoms with Crippen LogP contribution in [0.1, 0.15) is 5.56 Å². The minimum absolute atomic E-state index is 0.113. The van der Waals surface area contributed by atoms with Crippen LogP contribution < -0.4 is 29.6 Å². The number of carbonyl (C=O) groups excluding carboxylic acids is 2. The molecular formula is C22H20N4O6S2. The molecule has 10 nitrogen and oxygen atoms in total. The number of thioether (sulfide) groups is 1. The van der Waals surface area contributed by atoms with Crippen LogP contribution in [0.4, 0.5) is 10.8 Å². The third-order valence-corrected chi connectivity index (χ3v) is 6.44. The molecule has 0 spiro atoms. The Morgan fingerprint density at radius 1 is 1.09 bits per heavy atom. The molecule has 3 aromatic rings. The molecule has 0 fully saturated rings. The van der Waals surface area contributed by atoms with E-state index < -0.39 is 0 Å². The molecule has 0 radical (unpaired) electrons. The van der Waals surface area contributed by atoms with Crippen molar-refractivity contribution in [3.05, 3.63) is 48.0 Å². The molecule has 2 aromatic carbocycles. The smallest absolute Gasteiger partial charge is 0.250 e. The summed E-state index contributed by atoms with van der Waals surface area (Å²) < 4.78 is 21.6. The zero-order chi connectivity index (χ0) is 23.9. The van der Waals surface area contributed by atoms with Crippen LogP contribution in [0.3, 0.4) is 0 Å². The van der Waals surface area contributed by atoms with Gasteiger partial charge in [0.15, 0.2) is 15.8 Å². The Labute approximate surface area is 203 Å². The first kappa shape index (κ1) is 23.4. The molecule has 34 heavy (non-hydrogen) atoms. The molecule has 0 atom stereocenters. The lowest BCUT2D eigenvalue weighted by Crippen LogP contribution is -2.14. The van der Waals surface area contributed by atoms with Gasteiger partial charge in [0.25, 0.3) is 0 Å². The van der Waals surface area contributed by atoms with E-state index in [1.165, 1.54) is 36.3 Å². The van der Waals surface area contributed by atoms with Crippen molar-refractivity contribution in [1.82, 2.24) is 10.2 Å². The second-order valence-corrected chi connectivity index (χ2v) is 8.91. The monoisotopic (exact) mass is 500 g/mol. The summed E-state index contributed by atoms with van der Waals surface area (Å²) in [6.07, 6.45) is 3.05. The van der Waals surface area contributed by atoms with Crippen LogP contribution in [0, 0.1) is 0 Å². The number of rotatable bonds is 9. The number of ether oxygens (including phenoxy) is 4. The van der Waals surface area contributed by atoms with Crippen molar-refractivity contribution in [2.24, 2.45) is 0 Å². The van der Waals surface area contributed by atoms with Crippen LogP contribution >= 0.6 is 23.1 Å². The van der Waals surface area contributed by atoms with Crippen LogP contribution in [0.25, 0.3) is 6.08 Å². The zero-order valence-electron chi connectivity index (χ0n) is 18.2. The molecule has 2 amide bonds. The van der Waals surface area contributed by atoms with E-state index in [4.69, 9.17) is 18.9 Å². The first-order valence-corrected chi connectivity index (χ1v) is 11.7. The maximum Gasteiger partial charge on any atom is 0.250 e. The van der Waals surface area contributed by atoms with Gasteiger partial charge in [-0.2, -0.15) is 0 Å². The molecule has 0 aliphatic carbocycles. The molecule has 0 saturated heterocycles. The Kier molecular flexibility index (Phi) is 7.50. The molecule has 0 unspecified atom stereocenters. The van der Waals surface area contributed by atoms with E-state index in [1.807, 2.05) is 6.07 Å². The van der Waals surface area contributed by atoms with E-state index in [-0.39, 0.29) is 24.4 Å². The third kappa shape index (κ3) is 5.97. The van der Waals surface area contributed by atoms with Crippen molar-refractivity contribution in [2.45, 2.75) is 4.34 Å². The predicted octanol–water partition coefficient (Wildman–Crippen LogP) is 3.67. The number of aromatic nitrogens is 2. The number of hydrogen-bond acceptors (Lipinski definition) is 10. The zero-order valence-corrected chi connectivity index (χ0v) is 19.8. The standard InChI is InChI=1S/C22H20N4O6S2/c1-29-14-5-6-15(17(10-14)30-2)23-20(28)11-33-22-26-25-21(34-22)24-19(27)8-4-13-3-7-16-18(9-13)32-12-31-16/h3-10H,11-12H2,1-2H3,(H,23,28)(H,24,25,27)/b8-4-. The van der Waals surface area contributed by atoms with Gasteiger partial charge in [0, 0.05) is 12.1 Å².